The lowest BCUT2D eigenvalue weighted by Gasteiger charge is -2.08. The molecule has 0 fully saturated rings. The number of furan rings is 1. The number of anilines is 1. The molecule has 0 spiro atoms. The third-order valence-corrected chi connectivity index (χ3v) is 2.76. The van der Waals surface area contributed by atoms with Crippen molar-refractivity contribution in [3.63, 3.8) is 0 Å². The molecule has 2 rings (SSSR count). The van der Waals surface area contributed by atoms with Crippen LogP contribution in [0, 0.1) is 6.92 Å². The first-order chi connectivity index (χ1) is 8.19. The molecule has 0 aliphatic carbocycles. The summed E-state index contributed by atoms with van der Waals surface area (Å²) in [7, 11) is 0. The minimum absolute atomic E-state index is 0.0732. The highest BCUT2D eigenvalue weighted by atomic mass is 35.5. The van der Waals surface area contributed by atoms with Crippen LogP contribution in [0.25, 0.3) is 0 Å². The van der Waals surface area contributed by atoms with Crippen LogP contribution in [-0.4, -0.2) is 5.11 Å². The van der Waals surface area contributed by atoms with Crippen molar-refractivity contribution < 1.29 is 9.52 Å². The van der Waals surface area contributed by atoms with Crippen molar-refractivity contribution >= 4 is 17.3 Å². The molecular weight excluding hydrogens is 238 g/mol. The molecule has 0 amide bonds. The van der Waals surface area contributed by atoms with Crippen LogP contribution in [0.5, 0.6) is 0 Å². The highest BCUT2D eigenvalue weighted by Gasteiger charge is 2.03. The molecule has 0 unspecified atom stereocenters. The molecule has 4 heteroatoms. The quantitative estimate of drug-likeness (QED) is 0.876. The standard InChI is InChI=1S/C13H14ClNO2/c1-9-2-3-10(14)6-13(9)15-7-11-4-5-12(8-16)17-11/h2-6,15-16H,7-8H2,1H3. The van der Waals surface area contributed by atoms with Crippen LogP contribution < -0.4 is 5.32 Å². The maximum absolute atomic E-state index is 8.89. The number of nitrogens with one attached hydrogen (secondary N) is 1. The van der Waals surface area contributed by atoms with E-state index in [1.165, 1.54) is 0 Å². The molecule has 0 aliphatic rings. The first-order valence-corrected chi connectivity index (χ1v) is 5.75. The summed E-state index contributed by atoms with van der Waals surface area (Å²) >= 11 is 5.93. The van der Waals surface area contributed by atoms with Gasteiger partial charge in [0.15, 0.2) is 0 Å². The summed E-state index contributed by atoms with van der Waals surface area (Å²) in [6, 6.07) is 9.32. The average molecular weight is 252 g/mol. The topological polar surface area (TPSA) is 45.4 Å². The SMILES string of the molecule is Cc1ccc(Cl)cc1NCc1ccc(CO)o1. The van der Waals surface area contributed by atoms with E-state index in [0.717, 1.165) is 17.0 Å². The molecule has 1 aromatic heterocycles. The number of hydrogen-bond donors (Lipinski definition) is 2. The third-order valence-electron chi connectivity index (χ3n) is 2.53. The van der Waals surface area contributed by atoms with E-state index in [4.69, 9.17) is 21.1 Å². The van der Waals surface area contributed by atoms with Gasteiger partial charge in [0, 0.05) is 10.7 Å². The Morgan fingerprint density at radius 3 is 2.71 bits per heavy atom. The van der Waals surface area contributed by atoms with Gasteiger partial charge in [-0.05, 0) is 36.8 Å². The first-order valence-electron chi connectivity index (χ1n) is 5.37. The van der Waals surface area contributed by atoms with E-state index in [1.807, 2.05) is 31.2 Å². The lowest BCUT2D eigenvalue weighted by Crippen LogP contribution is -1.99. The van der Waals surface area contributed by atoms with Gasteiger partial charge in [-0.15, -0.1) is 0 Å². The molecule has 2 N–H and O–H groups in total. The molecule has 1 aromatic carbocycles. The van der Waals surface area contributed by atoms with Crippen molar-refractivity contribution in [2.24, 2.45) is 0 Å². The van der Waals surface area contributed by atoms with E-state index in [2.05, 4.69) is 5.32 Å². The largest absolute Gasteiger partial charge is 0.462 e. The molecule has 90 valence electrons. The fourth-order valence-electron chi connectivity index (χ4n) is 1.57. The smallest absolute Gasteiger partial charge is 0.129 e. The summed E-state index contributed by atoms with van der Waals surface area (Å²) < 4.78 is 5.38. The Bertz CT molecular complexity index is 508. The fraction of sp³-hybridized carbons (Fsp3) is 0.231. The molecule has 0 radical (unpaired) electrons. The highest BCUT2D eigenvalue weighted by Crippen LogP contribution is 2.21. The predicted molar refractivity (Wildman–Crippen MR) is 68.1 cm³/mol. The van der Waals surface area contributed by atoms with E-state index in [9.17, 15) is 0 Å². The number of hydrogen-bond acceptors (Lipinski definition) is 3. The second-order valence-electron chi connectivity index (χ2n) is 3.84. The predicted octanol–water partition coefficient (Wildman–Crippen LogP) is 3.35. The van der Waals surface area contributed by atoms with Crippen molar-refractivity contribution in [3.05, 3.63) is 52.4 Å². The molecule has 0 saturated carbocycles. The maximum Gasteiger partial charge on any atom is 0.129 e. The second-order valence-corrected chi connectivity index (χ2v) is 4.28. The van der Waals surface area contributed by atoms with Crippen molar-refractivity contribution in [3.8, 4) is 0 Å². The van der Waals surface area contributed by atoms with Gasteiger partial charge < -0.3 is 14.8 Å². The average Bonchev–Trinajstić information content (AvgIpc) is 2.78. The Morgan fingerprint density at radius 2 is 2.00 bits per heavy atom. The van der Waals surface area contributed by atoms with E-state index < -0.39 is 0 Å². The molecule has 1 heterocycles. The molecule has 17 heavy (non-hydrogen) atoms. The number of aliphatic hydroxyl groups is 1. The lowest BCUT2D eigenvalue weighted by atomic mass is 10.2. The molecule has 3 nitrogen and oxygen atoms in total. The van der Waals surface area contributed by atoms with Gasteiger partial charge in [0.25, 0.3) is 0 Å². The van der Waals surface area contributed by atoms with E-state index in [1.54, 1.807) is 6.07 Å². The summed E-state index contributed by atoms with van der Waals surface area (Å²) in [4.78, 5) is 0. The number of rotatable bonds is 4. The minimum atomic E-state index is -0.0732. The third kappa shape index (κ3) is 3.02. The summed E-state index contributed by atoms with van der Waals surface area (Å²) in [5.74, 6) is 1.36. The Kier molecular flexibility index (Phi) is 3.71. The van der Waals surface area contributed by atoms with E-state index >= 15 is 0 Å². The van der Waals surface area contributed by atoms with Gasteiger partial charge in [-0.3, -0.25) is 0 Å². The monoisotopic (exact) mass is 251 g/mol. The van der Waals surface area contributed by atoms with Gasteiger partial charge in [-0.2, -0.15) is 0 Å². The van der Waals surface area contributed by atoms with Gasteiger partial charge in [0.2, 0.25) is 0 Å². The van der Waals surface area contributed by atoms with Crippen LogP contribution in [0.15, 0.2) is 34.7 Å². The highest BCUT2D eigenvalue weighted by molar-refractivity contribution is 6.30. The molecule has 0 aliphatic heterocycles. The van der Waals surface area contributed by atoms with Crippen LogP contribution in [0.4, 0.5) is 5.69 Å². The Labute approximate surface area is 105 Å². The molecular formula is C13H14ClNO2. The fourth-order valence-corrected chi connectivity index (χ4v) is 1.74. The van der Waals surface area contributed by atoms with Crippen molar-refractivity contribution in [1.82, 2.24) is 0 Å². The van der Waals surface area contributed by atoms with Gasteiger partial charge >= 0.3 is 0 Å². The molecule has 2 aromatic rings. The Balaban J connectivity index is 2.04. The summed E-state index contributed by atoms with van der Waals surface area (Å²) in [6.45, 7) is 2.51. The number of halogens is 1. The normalized spacial score (nSPS) is 10.5. The lowest BCUT2D eigenvalue weighted by molar-refractivity contribution is 0.244. The maximum atomic E-state index is 8.89. The van der Waals surface area contributed by atoms with Crippen LogP contribution in [0.2, 0.25) is 5.02 Å². The molecule has 0 bridgehead atoms. The van der Waals surface area contributed by atoms with Gasteiger partial charge in [0.1, 0.15) is 18.1 Å². The van der Waals surface area contributed by atoms with Crippen LogP contribution >= 0.6 is 11.6 Å². The zero-order chi connectivity index (χ0) is 12.3. The minimum Gasteiger partial charge on any atom is -0.462 e. The zero-order valence-corrected chi connectivity index (χ0v) is 10.3. The van der Waals surface area contributed by atoms with Crippen LogP contribution in [0.1, 0.15) is 17.1 Å². The Morgan fingerprint density at radius 1 is 1.24 bits per heavy atom. The number of benzene rings is 1. The van der Waals surface area contributed by atoms with E-state index in [-0.39, 0.29) is 6.61 Å². The van der Waals surface area contributed by atoms with Crippen molar-refractivity contribution in [1.29, 1.82) is 0 Å². The van der Waals surface area contributed by atoms with Gasteiger partial charge in [-0.25, -0.2) is 0 Å². The van der Waals surface area contributed by atoms with Gasteiger partial charge in [0.05, 0.1) is 6.54 Å². The van der Waals surface area contributed by atoms with Gasteiger partial charge in [-0.1, -0.05) is 17.7 Å². The van der Waals surface area contributed by atoms with Crippen molar-refractivity contribution in [2.45, 2.75) is 20.1 Å². The van der Waals surface area contributed by atoms with E-state index in [0.29, 0.717) is 17.3 Å². The summed E-state index contributed by atoms with van der Waals surface area (Å²) in [5, 5.41) is 12.8. The number of aryl methyl sites for hydroxylation is 1. The molecule has 0 saturated heterocycles. The summed E-state index contributed by atoms with van der Waals surface area (Å²) in [6.07, 6.45) is 0. The first kappa shape index (κ1) is 12.0. The number of aliphatic hydroxyl groups excluding tert-OH is 1. The zero-order valence-electron chi connectivity index (χ0n) is 9.53. The second kappa shape index (κ2) is 5.25. The van der Waals surface area contributed by atoms with Crippen LogP contribution in [-0.2, 0) is 13.2 Å². The van der Waals surface area contributed by atoms with Crippen molar-refractivity contribution in [2.75, 3.05) is 5.32 Å². The molecule has 0 atom stereocenters. The Hall–Kier alpha value is -1.45. The summed E-state index contributed by atoms with van der Waals surface area (Å²) in [5.41, 5.74) is 2.11. The van der Waals surface area contributed by atoms with Crippen LogP contribution in [0.3, 0.4) is 0 Å².